The van der Waals surface area contributed by atoms with Crippen LogP contribution in [0.1, 0.15) is 46.0 Å². The Hall–Kier alpha value is -2.10. The van der Waals surface area contributed by atoms with Gasteiger partial charge in [-0.3, -0.25) is 0 Å². The largest absolute Gasteiger partial charge is 0.356 e. The van der Waals surface area contributed by atoms with Gasteiger partial charge in [0.05, 0.1) is 5.69 Å². The fourth-order valence-electron chi connectivity index (χ4n) is 3.46. The van der Waals surface area contributed by atoms with Gasteiger partial charge < -0.3 is 9.80 Å². The van der Waals surface area contributed by atoms with Crippen LogP contribution in [0.2, 0.25) is 0 Å². The smallest absolute Gasteiger partial charge is 0.227 e. The van der Waals surface area contributed by atoms with Crippen molar-refractivity contribution in [2.24, 2.45) is 0 Å². The fourth-order valence-corrected chi connectivity index (χ4v) is 3.46. The summed E-state index contributed by atoms with van der Waals surface area (Å²) in [6, 6.07) is 12.6. The SMILES string of the molecule is CCCN(CCC)c1nc(-c2ccccc2)cc(N2CCCCC2)n1. The number of hydrogen-bond donors (Lipinski definition) is 0. The van der Waals surface area contributed by atoms with Crippen molar-refractivity contribution in [2.45, 2.75) is 46.0 Å². The average molecular weight is 338 g/mol. The number of hydrogen-bond acceptors (Lipinski definition) is 4. The summed E-state index contributed by atoms with van der Waals surface area (Å²) >= 11 is 0. The molecular formula is C21H30N4. The Labute approximate surface area is 151 Å². The standard InChI is InChI=1S/C21H30N4/c1-3-13-25(14-4-2)21-22-19(18-11-7-5-8-12-18)17-20(23-21)24-15-9-6-10-16-24/h5,7-8,11-12,17H,3-4,6,9-10,13-16H2,1-2H3. The number of rotatable bonds is 7. The van der Waals surface area contributed by atoms with Gasteiger partial charge in [0.2, 0.25) is 5.95 Å². The molecule has 1 fully saturated rings. The molecule has 0 N–H and O–H groups in total. The first kappa shape index (κ1) is 17.7. The molecule has 0 aliphatic carbocycles. The van der Waals surface area contributed by atoms with E-state index in [9.17, 15) is 0 Å². The van der Waals surface area contributed by atoms with E-state index in [2.05, 4.69) is 60.0 Å². The van der Waals surface area contributed by atoms with E-state index in [-0.39, 0.29) is 0 Å². The summed E-state index contributed by atoms with van der Waals surface area (Å²) in [4.78, 5) is 14.6. The van der Waals surface area contributed by atoms with Gasteiger partial charge in [-0.25, -0.2) is 4.98 Å². The lowest BCUT2D eigenvalue weighted by atomic mass is 10.1. The lowest BCUT2D eigenvalue weighted by Gasteiger charge is -2.29. The molecule has 134 valence electrons. The predicted octanol–water partition coefficient (Wildman–Crippen LogP) is 4.76. The first-order valence-corrected chi connectivity index (χ1v) is 9.76. The third-order valence-electron chi connectivity index (χ3n) is 4.72. The molecular weight excluding hydrogens is 308 g/mol. The summed E-state index contributed by atoms with van der Waals surface area (Å²) in [7, 11) is 0. The average Bonchev–Trinajstić information content (AvgIpc) is 2.69. The molecule has 1 saturated heterocycles. The highest BCUT2D eigenvalue weighted by molar-refractivity contribution is 5.65. The van der Waals surface area contributed by atoms with Gasteiger partial charge in [-0.05, 0) is 32.1 Å². The summed E-state index contributed by atoms with van der Waals surface area (Å²) in [6.07, 6.45) is 6.06. The third kappa shape index (κ3) is 4.50. The topological polar surface area (TPSA) is 32.3 Å². The van der Waals surface area contributed by atoms with E-state index in [0.717, 1.165) is 62.0 Å². The number of aromatic nitrogens is 2. The molecule has 3 rings (SSSR count). The van der Waals surface area contributed by atoms with Crippen LogP contribution in [-0.4, -0.2) is 36.1 Å². The van der Waals surface area contributed by atoms with E-state index >= 15 is 0 Å². The fraction of sp³-hybridized carbons (Fsp3) is 0.524. The van der Waals surface area contributed by atoms with E-state index in [4.69, 9.17) is 9.97 Å². The molecule has 25 heavy (non-hydrogen) atoms. The minimum absolute atomic E-state index is 0.880. The number of nitrogens with zero attached hydrogens (tertiary/aromatic N) is 4. The second-order valence-corrected chi connectivity index (χ2v) is 6.81. The summed E-state index contributed by atoms with van der Waals surface area (Å²) in [5, 5.41) is 0. The Bertz CT molecular complexity index is 644. The highest BCUT2D eigenvalue weighted by Crippen LogP contribution is 2.26. The molecule has 1 aromatic carbocycles. The second kappa shape index (κ2) is 8.84. The van der Waals surface area contributed by atoms with Crippen molar-refractivity contribution in [3.05, 3.63) is 36.4 Å². The van der Waals surface area contributed by atoms with Crippen LogP contribution in [0.3, 0.4) is 0 Å². The summed E-state index contributed by atoms with van der Waals surface area (Å²) < 4.78 is 0. The van der Waals surface area contributed by atoms with Crippen molar-refractivity contribution in [2.75, 3.05) is 36.0 Å². The second-order valence-electron chi connectivity index (χ2n) is 6.81. The molecule has 1 aromatic heterocycles. The van der Waals surface area contributed by atoms with Crippen LogP contribution < -0.4 is 9.80 Å². The van der Waals surface area contributed by atoms with Gasteiger partial charge in [0.25, 0.3) is 0 Å². The zero-order valence-electron chi connectivity index (χ0n) is 15.6. The Morgan fingerprint density at radius 1 is 0.920 bits per heavy atom. The molecule has 0 radical (unpaired) electrons. The first-order valence-electron chi connectivity index (χ1n) is 9.76. The third-order valence-corrected chi connectivity index (χ3v) is 4.72. The van der Waals surface area contributed by atoms with Crippen LogP contribution >= 0.6 is 0 Å². The monoisotopic (exact) mass is 338 g/mol. The normalized spacial score (nSPS) is 14.6. The van der Waals surface area contributed by atoms with Crippen LogP contribution in [0.15, 0.2) is 36.4 Å². The van der Waals surface area contributed by atoms with Crippen molar-refractivity contribution in [3.63, 3.8) is 0 Å². The van der Waals surface area contributed by atoms with Crippen molar-refractivity contribution < 1.29 is 0 Å². The Morgan fingerprint density at radius 2 is 1.60 bits per heavy atom. The van der Waals surface area contributed by atoms with Crippen molar-refractivity contribution in [3.8, 4) is 11.3 Å². The number of piperidine rings is 1. The number of anilines is 2. The van der Waals surface area contributed by atoms with Gasteiger partial charge in [-0.1, -0.05) is 44.2 Å². The van der Waals surface area contributed by atoms with Crippen molar-refractivity contribution in [1.82, 2.24) is 9.97 Å². The van der Waals surface area contributed by atoms with Gasteiger partial charge in [0.15, 0.2) is 0 Å². The highest BCUT2D eigenvalue weighted by Gasteiger charge is 2.17. The van der Waals surface area contributed by atoms with E-state index in [1.54, 1.807) is 0 Å². The van der Waals surface area contributed by atoms with Crippen molar-refractivity contribution in [1.29, 1.82) is 0 Å². The van der Waals surface area contributed by atoms with Crippen molar-refractivity contribution >= 4 is 11.8 Å². The quantitative estimate of drug-likeness (QED) is 0.728. The summed E-state index contributed by atoms with van der Waals surface area (Å²) in [5.74, 6) is 1.96. The van der Waals surface area contributed by atoms with Crippen LogP contribution in [0.25, 0.3) is 11.3 Å². The Morgan fingerprint density at radius 3 is 2.24 bits per heavy atom. The van der Waals surface area contributed by atoms with Gasteiger partial charge >= 0.3 is 0 Å². The van der Waals surface area contributed by atoms with Crippen LogP contribution in [0.4, 0.5) is 11.8 Å². The minimum Gasteiger partial charge on any atom is -0.356 e. The molecule has 4 nitrogen and oxygen atoms in total. The minimum atomic E-state index is 0.880. The van der Waals surface area contributed by atoms with Crippen LogP contribution in [-0.2, 0) is 0 Å². The zero-order valence-corrected chi connectivity index (χ0v) is 15.6. The lowest BCUT2D eigenvalue weighted by Crippen LogP contribution is -2.32. The molecule has 4 heteroatoms. The molecule has 0 bridgehead atoms. The summed E-state index contributed by atoms with van der Waals surface area (Å²) in [6.45, 7) is 8.65. The predicted molar refractivity (Wildman–Crippen MR) is 106 cm³/mol. The maximum Gasteiger partial charge on any atom is 0.227 e. The van der Waals surface area contributed by atoms with E-state index < -0.39 is 0 Å². The van der Waals surface area contributed by atoms with Gasteiger partial charge in [-0.15, -0.1) is 0 Å². The van der Waals surface area contributed by atoms with E-state index in [0.29, 0.717) is 0 Å². The van der Waals surface area contributed by atoms with Gasteiger partial charge in [0.1, 0.15) is 5.82 Å². The molecule has 2 aromatic rings. The molecule has 1 aliphatic heterocycles. The molecule has 0 atom stereocenters. The lowest BCUT2D eigenvalue weighted by molar-refractivity contribution is 0.572. The first-order chi connectivity index (χ1) is 12.3. The van der Waals surface area contributed by atoms with Gasteiger partial charge in [-0.2, -0.15) is 4.98 Å². The maximum absolute atomic E-state index is 4.96. The molecule has 0 amide bonds. The highest BCUT2D eigenvalue weighted by atomic mass is 15.3. The van der Waals surface area contributed by atoms with Crippen LogP contribution in [0, 0.1) is 0 Å². The number of benzene rings is 1. The maximum atomic E-state index is 4.96. The van der Waals surface area contributed by atoms with Gasteiger partial charge in [0, 0.05) is 37.8 Å². The molecule has 2 heterocycles. The molecule has 0 saturated carbocycles. The summed E-state index contributed by atoms with van der Waals surface area (Å²) in [5.41, 5.74) is 2.20. The zero-order chi connectivity index (χ0) is 17.5. The Kier molecular flexibility index (Phi) is 6.26. The van der Waals surface area contributed by atoms with E-state index in [1.807, 2.05) is 0 Å². The Balaban J connectivity index is 2.00. The molecule has 0 spiro atoms. The molecule has 1 aliphatic rings. The van der Waals surface area contributed by atoms with Crippen LogP contribution in [0.5, 0.6) is 0 Å². The molecule has 0 unspecified atom stereocenters. The van der Waals surface area contributed by atoms with E-state index in [1.165, 1.54) is 19.3 Å².